The van der Waals surface area contributed by atoms with E-state index >= 15 is 0 Å². The minimum atomic E-state index is 0.778. The second-order valence-electron chi connectivity index (χ2n) is 5.04. The van der Waals surface area contributed by atoms with Gasteiger partial charge in [0.1, 0.15) is 0 Å². The first kappa shape index (κ1) is 13.4. The summed E-state index contributed by atoms with van der Waals surface area (Å²) >= 11 is 0. The molecule has 21 heavy (non-hydrogen) atoms. The summed E-state index contributed by atoms with van der Waals surface area (Å²) in [5.74, 6) is 0. The minimum absolute atomic E-state index is 0.778. The van der Waals surface area contributed by atoms with Crippen molar-refractivity contribution in [3.05, 3.63) is 78.1 Å². The van der Waals surface area contributed by atoms with Crippen molar-refractivity contribution in [2.24, 2.45) is 0 Å². The van der Waals surface area contributed by atoms with Crippen molar-refractivity contribution in [1.82, 2.24) is 9.78 Å². The van der Waals surface area contributed by atoms with E-state index in [0.29, 0.717) is 0 Å². The third kappa shape index (κ3) is 3.31. The number of nitrogens with zero attached hydrogens (tertiary/aromatic N) is 2. The number of benzene rings is 2. The first-order chi connectivity index (χ1) is 10.3. The van der Waals surface area contributed by atoms with Crippen molar-refractivity contribution in [2.75, 3.05) is 5.32 Å². The Morgan fingerprint density at radius 1 is 1.00 bits per heavy atom. The van der Waals surface area contributed by atoms with E-state index in [-0.39, 0.29) is 0 Å². The lowest BCUT2D eigenvalue weighted by Crippen LogP contribution is -1.99. The fourth-order valence-electron chi connectivity index (χ4n) is 2.28. The highest BCUT2D eigenvalue weighted by molar-refractivity contribution is 5.46. The summed E-state index contributed by atoms with van der Waals surface area (Å²) in [7, 11) is 0. The summed E-state index contributed by atoms with van der Waals surface area (Å²) in [6.45, 7) is 2.95. The maximum atomic E-state index is 4.41. The molecule has 1 heterocycles. The number of para-hydroxylation sites is 1. The van der Waals surface area contributed by atoms with E-state index < -0.39 is 0 Å². The molecule has 0 bridgehead atoms. The summed E-state index contributed by atoms with van der Waals surface area (Å²) in [6, 6.07) is 18.7. The third-order valence-electron chi connectivity index (χ3n) is 3.49. The van der Waals surface area contributed by atoms with Crippen molar-refractivity contribution >= 4 is 5.69 Å². The molecule has 3 nitrogen and oxygen atoms in total. The van der Waals surface area contributed by atoms with Crippen LogP contribution in [-0.4, -0.2) is 9.78 Å². The Hall–Kier alpha value is -2.55. The van der Waals surface area contributed by atoms with Gasteiger partial charge in [0.05, 0.1) is 11.9 Å². The fraction of sp³-hybridized carbons (Fsp3) is 0.167. The van der Waals surface area contributed by atoms with Crippen molar-refractivity contribution in [3.63, 3.8) is 0 Å². The second kappa shape index (κ2) is 6.27. The number of hydrogen-bond acceptors (Lipinski definition) is 2. The zero-order valence-corrected chi connectivity index (χ0v) is 12.2. The molecule has 0 spiro atoms. The van der Waals surface area contributed by atoms with Crippen molar-refractivity contribution in [1.29, 1.82) is 0 Å². The first-order valence-electron chi connectivity index (χ1n) is 7.27. The topological polar surface area (TPSA) is 29.9 Å². The molecule has 1 N–H and O–H groups in total. The van der Waals surface area contributed by atoms with Crippen LogP contribution in [0.5, 0.6) is 0 Å². The quantitative estimate of drug-likeness (QED) is 0.762. The number of anilines is 1. The zero-order valence-electron chi connectivity index (χ0n) is 12.2. The molecule has 0 amide bonds. The molecule has 1 aromatic heterocycles. The van der Waals surface area contributed by atoms with E-state index in [1.165, 1.54) is 11.1 Å². The second-order valence-corrected chi connectivity index (χ2v) is 5.04. The SMILES string of the molecule is CCc1cccc(NCc2cnn(-c3ccccc3)c2)c1. The molecule has 0 saturated carbocycles. The Morgan fingerprint density at radius 2 is 1.86 bits per heavy atom. The molecule has 0 fully saturated rings. The highest BCUT2D eigenvalue weighted by atomic mass is 15.3. The van der Waals surface area contributed by atoms with Crippen LogP contribution in [0.4, 0.5) is 5.69 Å². The summed E-state index contributed by atoms with van der Waals surface area (Å²) in [5, 5.41) is 7.86. The lowest BCUT2D eigenvalue weighted by molar-refractivity contribution is 0.880. The maximum Gasteiger partial charge on any atom is 0.0645 e. The molecule has 0 saturated heterocycles. The lowest BCUT2D eigenvalue weighted by atomic mass is 10.1. The number of aromatic nitrogens is 2. The van der Waals surface area contributed by atoms with Gasteiger partial charge < -0.3 is 5.32 Å². The van der Waals surface area contributed by atoms with Crippen LogP contribution in [0.3, 0.4) is 0 Å². The van der Waals surface area contributed by atoms with E-state index in [0.717, 1.165) is 24.3 Å². The summed E-state index contributed by atoms with van der Waals surface area (Å²) in [6.07, 6.45) is 5.02. The van der Waals surface area contributed by atoms with Gasteiger partial charge in [0.25, 0.3) is 0 Å². The van der Waals surface area contributed by atoms with Crippen molar-refractivity contribution < 1.29 is 0 Å². The monoisotopic (exact) mass is 277 g/mol. The van der Waals surface area contributed by atoms with Gasteiger partial charge in [-0.15, -0.1) is 0 Å². The minimum Gasteiger partial charge on any atom is -0.381 e. The molecule has 0 aliphatic carbocycles. The van der Waals surface area contributed by atoms with Crippen LogP contribution in [0.1, 0.15) is 18.1 Å². The van der Waals surface area contributed by atoms with Gasteiger partial charge in [0.2, 0.25) is 0 Å². The molecular weight excluding hydrogens is 258 g/mol. The standard InChI is InChI=1S/C18H19N3/c1-2-15-7-6-8-17(11-15)19-12-16-13-20-21(14-16)18-9-4-3-5-10-18/h3-11,13-14,19H,2,12H2,1H3. The van der Waals surface area contributed by atoms with Crippen LogP contribution in [0.25, 0.3) is 5.69 Å². The molecule has 0 unspecified atom stereocenters. The van der Waals surface area contributed by atoms with Gasteiger partial charge in [-0.2, -0.15) is 5.10 Å². The highest BCUT2D eigenvalue weighted by Gasteiger charge is 2.01. The summed E-state index contributed by atoms with van der Waals surface area (Å²) in [4.78, 5) is 0. The Balaban J connectivity index is 1.67. The van der Waals surface area contributed by atoms with Gasteiger partial charge in [-0.05, 0) is 36.2 Å². The maximum absolute atomic E-state index is 4.41. The Labute approximate surface area is 125 Å². The Bertz CT molecular complexity index is 701. The molecular formula is C18H19N3. The average Bonchev–Trinajstić information content (AvgIpc) is 3.03. The molecule has 3 rings (SSSR count). The normalized spacial score (nSPS) is 10.5. The Kier molecular flexibility index (Phi) is 4.01. The van der Waals surface area contributed by atoms with Crippen LogP contribution in [0.15, 0.2) is 67.0 Å². The van der Waals surface area contributed by atoms with Gasteiger partial charge in [0.15, 0.2) is 0 Å². The van der Waals surface area contributed by atoms with E-state index in [1.807, 2.05) is 29.1 Å². The van der Waals surface area contributed by atoms with E-state index in [9.17, 15) is 0 Å². The van der Waals surface area contributed by atoms with E-state index in [4.69, 9.17) is 0 Å². The summed E-state index contributed by atoms with van der Waals surface area (Å²) < 4.78 is 1.90. The molecule has 0 aliphatic heterocycles. The number of hydrogen-bond donors (Lipinski definition) is 1. The summed E-state index contributed by atoms with van der Waals surface area (Å²) in [5.41, 5.74) is 4.75. The molecule has 106 valence electrons. The van der Waals surface area contributed by atoms with Crippen LogP contribution in [0.2, 0.25) is 0 Å². The molecule has 0 atom stereocenters. The van der Waals surface area contributed by atoms with Gasteiger partial charge >= 0.3 is 0 Å². The van der Waals surface area contributed by atoms with Crippen LogP contribution < -0.4 is 5.32 Å². The van der Waals surface area contributed by atoms with Crippen LogP contribution in [-0.2, 0) is 13.0 Å². The smallest absolute Gasteiger partial charge is 0.0645 e. The molecule has 3 aromatic rings. The van der Waals surface area contributed by atoms with Crippen LogP contribution >= 0.6 is 0 Å². The molecule has 0 radical (unpaired) electrons. The largest absolute Gasteiger partial charge is 0.381 e. The molecule has 2 aromatic carbocycles. The highest BCUT2D eigenvalue weighted by Crippen LogP contribution is 2.13. The predicted octanol–water partition coefficient (Wildman–Crippen LogP) is 4.05. The first-order valence-corrected chi connectivity index (χ1v) is 7.27. The predicted molar refractivity (Wildman–Crippen MR) is 86.7 cm³/mol. The van der Waals surface area contributed by atoms with Crippen molar-refractivity contribution in [3.8, 4) is 5.69 Å². The Morgan fingerprint density at radius 3 is 2.67 bits per heavy atom. The number of nitrogens with one attached hydrogen (secondary N) is 1. The van der Waals surface area contributed by atoms with E-state index in [1.54, 1.807) is 0 Å². The van der Waals surface area contributed by atoms with E-state index in [2.05, 4.69) is 59.9 Å². The van der Waals surface area contributed by atoms with Gasteiger partial charge in [0, 0.05) is 24.0 Å². The zero-order chi connectivity index (χ0) is 14.5. The van der Waals surface area contributed by atoms with Crippen molar-refractivity contribution in [2.45, 2.75) is 19.9 Å². The van der Waals surface area contributed by atoms with Crippen LogP contribution in [0, 0.1) is 0 Å². The lowest BCUT2D eigenvalue weighted by Gasteiger charge is -2.06. The van der Waals surface area contributed by atoms with Gasteiger partial charge in [-0.25, -0.2) is 4.68 Å². The number of rotatable bonds is 5. The number of aryl methyl sites for hydroxylation is 1. The molecule has 3 heteroatoms. The van der Waals surface area contributed by atoms with Gasteiger partial charge in [-0.1, -0.05) is 37.3 Å². The van der Waals surface area contributed by atoms with Gasteiger partial charge in [-0.3, -0.25) is 0 Å². The fourth-order valence-corrected chi connectivity index (χ4v) is 2.28. The molecule has 0 aliphatic rings. The average molecular weight is 277 g/mol. The third-order valence-corrected chi connectivity index (χ3v) is 3.49.